The Morgan fingerprint density at radius 3 is 1.29 bits per heavy atom. The molecule has 3 atom stereocenters. The topological polar surface area (TPSA) is 169 Å². The number of phosphoric ester groups is 1. The molecule has 0 radical (unpaired) electrons. The summed E-state index contributed by atoms with van der Waals surface area (Å²) in [5.41, 5.74) is 0. The monoisotopic (exact) mass is 882 g/mol. The van der Waals surface area contributed by atoms with Crippen molar-refractivity contribution in [1.29, 1.82) is 0 Å². The summed E-state index contributed by atoms with van der Waals surface area (Å²) in [6.07, 6.45) is 59.2. The highest BCUT2D eigenvalue weighted by molar-refractivity contribution is 7.47. The van der Waals surface area contributed by atoms with Crippen molar-refractivity contribution in [1.82, 2.24) is 5.32 Å². The van der Waals surface area contributed by atoms with E-state index in [2.05, 4.69) is 141 Å². The van der Waals surface area contributed by atoms with Crippen LogP contribution in [0.5, 0.6) is 0 Å². The maximum Gasteiger partial charge on any atom is 0.472 e. The van der Waals surface area contributed by atoms with E-state index in [0.717, 1.165) is 83.5 Å². The first-order chi connectivity index (χ1) is 30.1. The number of allylic oxidation sites excluding steroid dienone is 22. The number of carbonyl (C=O) groups excluding carboxylic acids is 2. The molecule has 62 heavy (non-hydrogen) atoms. The number of phosphoric acid groups is 1. The highest BCUT2D eigenvalue weighted by Crippen LogP contribution is 2.43. The second kappa shape index (κ2) is 43.3. The quantitative estimate of drug-likeness (QED) is 0.0202. The molecule has 0 aliphatic rings. The molecule has 12 heteroatoms. The number of hydrogen-bond acceptors (Lipinski definition) is 8. The number of nitrogens with one attached hydrogen (secondary N) is 1. The van der Waals surface area contributed by atoms with Crippen molar-refractivity contribution >= 4 is 25.7 Å². The fraction of sp³-hybridized carbons (Fsp3) is 0.500. The average Bonchev–Trinajstić information content (AvgIpc) is 3.25. The zero-order valence-corrected chi connectivity index (χ0v) is 38.2. The number of hydrogen-bond donors (Lipinski definition) is 4. The summed E-state index contributed by atoms with van der Waals surface area (Å²) in [4.78, 5) is 45.9. The highest BCUT2D eigenvalue weighted by Gasteiger charge is 2.28. The SMILES string of the molecule is CC/C=C\C/C=C\C/C=C\C/C=C\C/C=C\C/C=C\CCCCC(=O)OCC(O)COP(=O)(O)OCC(NC(=O)CCC/C=C\C/C=C\C/C=C\C/C=C\C/C=C\CC)C(=O)O. The zero-order chi connectivity index (χ0) is 45.6. The third-order valence-corrected chi connectivity index (χ3v) is 9.39. The fourth-order valence-corrected chi connectivity index (χ4v) is 5.83. The Bertz CT molecular complexity index is 1550. The number of ether oxygens (including phenoxy) is 1. The van der Waals surface area contributed by atoms with Crippen molar-refractivity contribution in [3.63, 3.8) is 0 Å². The van der Waals surface area contributed by atoms with Crippen LogP contribution in [-0.4, -0.2) is 64.9 Å². The summed E-state index contributed by atoms with van der Waals surface area (Å²) >= 11 is 0. The molecule has 0 rings (SSSR count). The van der Waals surface area contributed by atoms with Crippen molar-refractivity contribution in [3.05, 3.63) is 134 Å². The van der Waals surface area contributed by atoms with Gasteiger partial charge in [-0.2, -0.15) is 0 Å². The zero-order valence-electron chi connectivity index (χ0n) is 37.4. The van der Waals surface area contributed by atoms with E-state index in [4.69, 9.17) is 13.8 Å². The van der Waals surface area contributed by atoms with Gasteiger partial charge in [0, 0.05) is 12.8 Å². The van der Waals surface area contributed by atoms with Crippen molar-refractivity contribution in [2.24, 2.45) is 0 Å². The normalized spacial score (nSPS) is 14.9. The predicted octanol–water partition coefficient (Wildman–Crippen LogP) is 11.8. The lowest BCUT2D eigenvalue weighted by Gasteiger charge is -2.18. The first-order valence-corrected chi connectivity index (χ1v) is 23.7. The Morgan fingerprint density at radius 2 is 0.887 bits per heavy atom. The van der Waals surface area contributed by atoms with Crippen molar-refractivity contribution in [2.45, 2.75) is 142 Å². The van der Waals surface area contributed by atoms with E-state index in [0.29, 0.717) is 19.3 Å². The molecular formula is C50H76NO10P. The number of carboxylic acids is 1. The molecule has 0 spiro atoms. The minimum atomic E-state index is -4.79. The molecule has 4 N–H and O–H groups in total. The molecule has 0 aliphatic carbocycles. The molecule has 11 nitrogen and oxygen atoms in total. The lowest BCUT2D eigenvalue weighted by atomic mass is 10.2. The van der Waals surface area contributed by atoms with Gasteiger partial charge in [-0.3, -0.25) is 18.6 Å². The second-order valence-electron chi connectivity index (χ2n) is 14.1. The van der Waals surface area contributed by atoms with Crippen LogP contribution in [0.1, 0.15) is 129 Å². The van der Waals surface area contributed by atoms with Gasteiger partial charge in [-0.25, -0.2) is 9.36 Å². The number of esters is 1. The lowest BCUT2D eigenvalue weighted by Crippen LogP contribution is -2.43. The van der Waals surface area contributed by atoms with Crippen LogP contribution in [0.2, 0.25) is 0 Å². The summed E-state index contributed by atoms with van der Waals surface area (Å²) in [5.74, 6) is -2.53. The Kier molecular flexibility index (Phi) is 40.2. The number of aliphatic hydroxyl groups is 1. The van der Waals surface area contributed by atoms with E-state index in [-0.39, 0.29) is 12.8 Å². The van der Waals surface area contributed by atoms with Crippen molar-refractivity contribution in [2.75, 3.05) is 19.8 Å². The maximum atomic E-state index is 12.3. The summed E-state index contributed by atoms with van der Waals surface area (Å²) in [6, 6.07) is -1.59. The Balaban J connectivity index is 4.07. The number of carbonyl (C=O) groups is 3. The van der Waals surface area contributed by atoms with Crippen LogP contribution in [0, 0.1) is 0 Å². The van der Waals surface area contributed by atoms with Gasteiger partial charge < -0.3 is 25.2 Å². The third kappa shape index (κ3) is 42.3. The largest absolute Gasteiger partial charge is 0.480 e. The van der Waals surface area contributed by atoms with E-state index < -0.39 is 57.6 Å². The molecule has 0 saturated heterocycles. The summed E-state index contributed by atoms with van der Waals surface area (Å²) < 4.78 is 26.8. The molecule has 0 aromatic rings. The van der Waals surface area contributed by atoms with Gasteiger partial charge in [0.1, 0.15) is 12.7 Å². The highest BCUT2D eigenvalue weighted by atomic mass is 31.2. The molecular weight excluding hydrogens is 806 g/mol. The maximum absolute atomic E-state index is 12.3. The molecule has 0 aromatic heterocycles. The number of aliphatic carboxylic acids is 1. The van der Waals surface area contributed by atoms with Crippen molar-refractivity contribution < 1.29 is 47.8 Å². The molecule has 0 heterocycles. The van der Waals surface area contributed by atoms with Crippen LogP contribution in [0.4, 0.5) is 0 Å². The van der Waals surface area contributed by atoms with Crippen LogP contribution < -0.4 is 5.32 Å². The molecule has 0 aliphatic heterocycles. The standard InChI is InChI=1S/C50H76NO10P/c1-3-5-7-9-11-13-15-17-19-21-22-23-24-26-28-30-32-34-36-38-40-42-49(54)59-43-46(52)44-60-62(57,58)61-45-47(50(55)56)51-48(53)41-39-37-35-33-31-29-27-25-20-18-16-14-12-10-8-6-4-2/h5-8,11-14,17-20,22-23,26-29,32-35,46-47,52H,3-4,9-10,15-16,21,24-25,30-31,36-45H2,1-2H3,(H,51,53)(H,55,56)(H,57,58)/b7-5-,8-6-,13-11-,14-12-,19-17-,20-18-,23-22-,28-26-,29-27-,34-32-,35-33-. The van der Waals surface area contributed by atoms with Gasteiger partial charge in [0.25, 0.3) is 0 Å². The fourth-order valence-electron chi connectivity index (χ4n) is 5.06. The van der Waals surface area contributed by atoms with Gasteiger partial charge in [0.05, 0.1) is 13.2 Å². The molecule has 1 amide bonds. The molecule has 0 bridgehead atoms. The van der Waals surface area contributed by atoms with Gasteiger partial charge in [0.15, 0.2) is 6.04 Å². The smallest absolute Gasteiger partial charge is 0.472 e. The lowest BCUT2D eigenvalue weighted by molar-refractivity contribution is -0.147. The molecule has 346 valence electrons. The molecule has 0 aromatic carbocycles. The minimum absolute atomic E-state index is 0.0553. The van der Waals surface area contributed by atoms with E-state index in [1.165, 1.54) is 0 Å². The van der Waals surface area contributed by atoms with Crippen LogP contribution in [0.25, 0.3) is 0 Å². The number of carboxylic acid groups (broad SMARTS) is 1. The first kappa shape index (κ1) is 57.6. The van der Waals surface area contributed by atoms with Crippen LogP contribution >= 0.6 is 7.82 Å². The van der Waals surface area contributed by atoms with E-state index in [1.54, 1.807) is 0 Å². The number of amides is 1. The van der Waals surface area contributed by atoms with Gasteiger partial charge in [-0.15, -0.1) is 0 Å². The Morgan fingerprint density at radius 1 is 0.516 bits per heavy atom. The Hall–Kier alpha value is -4.38. The van der Waals surface area contributed by atoms with Crippen LogP contribution in [0.3, 0.4) is 0 Å². The molecule has 0 saturated carbocycles. The van der Waals surface area contributed by atoms with Gasteiger partial charge in [0.2, 0.25) is 5.91 Å². The summed E-state index contributed by atoms with van der Waals surface area (Å²) in [7, 11) is -4.79. The van der Waals surface area contributed by atoms with Crippen molar-refractivity contribution in [3.8, 4) is 0 Å². The van der Waals surface area contributed by atoms with E-state index >= 15 is 0 Å². The van der Waals surface area contributed by atoms with Gasteiger partial charge >= 0.3 is 19.8 Å². The number of unbranched alkanes of at least 4 members (excludes halogenated alkanes) is 3. The summed E-state index contributed by atoms with van der Waals surface area (Å²) in [6.45, 7) is 2.25. The van der Waals surface area contributed by atoms with Crippen LogP contribution in [0.15, 0.2) is 134 Å². The molecule has 3 unspecified atom stereocenters. The van der Waals surface area contributed by atoms with E-state index in [9.17, 15) is 34.1 Å². The number of aliphatic hydroxyl groups excluding tert-OH is 1. The predicted molar refractivity (Wildman–Crippen MR) is 253 cm³/mol. The second-order valence-corrected chi connectivity index (χ2v) is 15.6. The average molecular weight is 882 g/mol. The van der Waals surface area contributed by atoms with Gasteiger partial charge in [-0.05, 0) is 103 Å². The first-order valence-electron chi connectivity index (χ1n) is 22.2. The number of rotatable bonds is 39. The third-order valence-electron chi connectivity index (χ3n) is 8.43. The van der Waals surface area contributed by atoms with E-state index in [1.807, 2.05) is 12.2 Å². The summed E-state index contributed by atoms with van der Waals surface area (Å²) in [5, 5.41) is 21.8. The minimum Gasteiger partial charge on any atom is -0.480 e. The molecule has 0 fully saturated rings. The van der Waals surface area contributed by atoms with Gasteiger partial charge in [-0.1, -0.05) is 148 Å². The van der Waals surface area contributed by atoms with Crippen LogP contribution in [-0.2, 0) is 32.7 Å². The Labute approximate surface area is 372 Å².